The van der Waals surface area contributed by atoms with Crippen molar-refractivity contribution in [3.05, 3.63) is 17.6 Å². The molecule has 6 heteroatoms. The van der Waals surface area contributed by atoms with Gasteiger partial charge in [-0.05, 0) is 18.8 Å². The number of piperidine rings is 1. The van der Waals surface area contributed by atoms with Crippen LogP contribution in [-0.4, -0.2) is 43.1 Å². The summed E-state index contributed by atoms with van der Waals surface area (Å²) < 4.78 is 5.26. The Morgan fingerprint density at radius 2 is 2.00 bits per heavy atom. The Hall–Kier alpha value is -1.69. The number of carbonyl (C=O) groups excluding carboxylic acids is 1. The molecule has 1 aromatic heterocycles. The molecule has 134 valence electrons. The molecule has 1 saturated heterocycles. The van der Waals surface area contributed by atoms with Crippen molar-refractivity contribution in [1.82, 2.24) is 15.3 Å². The molecule has 1 amide bonds. The Morgan fingerprint density at radius 3 is 2.54 bits per heavy atom. The number of amides is 1. The summed E-state index contributed by atoms with van der Waals surface area (Å²) in [5, 5.41) is 2.71. The van der Waals surface area contributed by atoms with Crippen LogP contribution in [0.15, 0.2) is 6.07 Å². The summed E-state index contributed by atoms with van der Waals surface area (Å²) in [6.45, 7) is 8.71. The van der Waals surface area contributed by atoms with Gasteiger partial charge in [-0.3, -0.25) is 4.79 Å². The number of ether oxygens (including phenoxy) is 1. The van der Waals surface area contributed by atoms with E-state index in [9.17, 15) is 4.79 Å². The van der Waals surface area contributed by atoms with Crippen LogP contribution in [-0.2, 0) is 21.6 Å². The Kier molecular flexibility index (Phi) is 6.15. The molecule has 0 spiro atoms. The Balaban J connectivity index is 2.11. The van der Waals surface area contributed by atoms with E-state index in [0.29, 0.717) is 18.9 Å². The largest absolute Gasteiger partial charge is 0.378 e. The summed E-state index contributed by atoms with van der Waals surface area (Å²) in [6.07, 6.45) is 2.65. The second-order valence-electron chi connectivity index (χ2n) is 7.53. The average Bonchev–Trinajstić information content (AvgIpc) is 2.54. The molecule has 2 heterocycles. The fourth-order valence-electron chi connectivity index (χ4n) is 2.93. The van der Waals surface area contributed by atoms with Crippen LogP contribution in [0.4, 0.5) is 5.82 Å². The monoisotopic (exact) mass is 334 g/mol. The lowest BCUT2D eigenvalue weighted by atomic mass is 9.93. The molecule has 0 aromatic carbocycles. The van der Waals surface area contributed by atoms with Crippen molar-refractivity contribution >= 4 is 11.7 Å². The van der Waals surface area contributed by atoms with Crippen LogP contribution in [0.5, 0.6) is 0 Å². The van der Waals surface area contributed by atoms with Crippen molar-refractivity contribution in [3.63, 3.8) is 0 Å². The zero-order valence-electron chi connectivity index (χ0n) is 15.6. The number of hydrogen-bond donors (Lipinski definition) is 1. The summed E-state index contributed by atoms with van der Waals surface area (Å²) in [5.41, 5.74) is 0.815. The van der Waals surface area contributed by atoms with E-state index in [1.54, 1.807) is 14.2 Å². The van der Waals surface area contributed by atoms with E-state index in [2.05, 4.69) is 36.0 Å². The summed E-state index contributed by atoms with van der Waals surface area (Å²) in [7, 11) is 3.38. The van der Waals surface area contributed by atoms with Crippen LogP contribution in [0.25, 0.3) is 0 Å². The zero-order chi connectivity index (χ0) is 17.7. The molecule has 1 N–H and O–H groups in total. The third-order valence-corrected chi connectivity index (χ3v) is 4.42. The van der Waals surface area contributed by atoms with Crippen LogP contribution in [0, 0.1) is 5.92 Å². The van der Waals surface area contributed by atoms with Crippen molar-refractivity contribution in [2.75, 3.05) is 32.1 Å². The van der Waals surface area contributed by atoms with E-state index in [4.69, 9.17) is 9.72 Å². The van der Waals surface area contributed by atoms with E-state index in [1.807, 2.05) is 6.07 Å². The molecule has 1 aliphatic heterocycles. The van der Waals surface area contributed by atoms with Crippen molar-refractivity contribution in [3.8, 4) is 0 Å². The van der Waals surface area contributed by atoms with Gasteiger partial charge in [0.1, 0.15) is 11.6 Å². The van der Waals surface area contributed by atoms with E-state index >= 15 is 0 Å². The maximum Gasteiger partial charge on any atom is 0.220 e. The summed E-state index contributed by atoms with van der Waals surface area (Å²) in [4.78, 5) is 23.3. The minimum Gasteiger partial charge on any atom is -0.378 e. The van der Waals surface area contributed by atoms with Gasteiger partial charge in [-0.1, -0.05) is 20.8 Å². The highest BCUT2D eigenvalue weighted by Gasteiger charge is 2.25. The van der Waals surface area contributed by atoms with Gasteiger partial charge < -0.3 is 15.0 Å². The number of hydrogen-bond acceptors (Lipinski definition) is 5. The standard InChI is InChI=1S/C18H30N4O2/c1-18(2,3)17-20-14(12-24-5)11-15(21-17)22-8-6-13(7-9-22)10-16(23)19-4/h11,13H,6-10,12H2,1-5H3,(H,19,23). The van der Waals surface area contributed by atoms with Crippen LogP contribution >= 0.6 is 0 Å². The summed E-state index contributed by atoms with van der Waals surface area (Å²) in [5.74, 6) is 2.41. The molecule has 1 aliphatic rings. The molecular formula is C18H30N4O2. The Labute approximate surface area is 145 Å². The smallest absolute Gasteiger partial charge is 0.220 e. The first-order valence-electron chi connectivity index (χ1n) is 8.66. The number of carbonyl (C=O) groups is 1. The number of nitrogens with one attached hydrogen (secondary N) is 1. The molecule has 1 aromatic rings. The third-order valence-electron chi connectivity index (χ3n) is 4.42. The van der Waals surface area contributed by atoms with Gasteiger partial charge in [0, 0.05) is 45.1 Å². The molecule has 24 heavy (non-hydrogen) atoms. The number of anilines is 1. The lowest BCUT2D eigenvalue weighted by molar-refractivity contribution is -0.121. The number of aromatic nitrogens is 2. The molecule has 1 fully saturated rings. The third kappa shape index (κ3) is 4.90. The second-order valence-corrected chi connectivity index (χ2v) is 7.53. The van der Waals surface area contributed by atoms with Crippen molar-refractivity contribution in [2.45, 2.75) is 52.1 Å². The molecule has 0 aliphatic carbocycles. The van der Waals surface area contributed by atoms with Gasteiger partial charge in [0.15, 0.2) is 0 Å². The minimum absolute atomic E-state index is 0.101. The molecule has 0 radical (unpaired) electrons. The zero-order valence-corrected chi connectivity index (χ0v) is 15.6. The highest BCUT2D eigenvalue weighted by Crippen LogP contribution is 2.27. The highest BCUT2D eigenvalue weighted by molar-refractivity contribution is 5.75. The maximum absolute atomic E-state index is 11.5. The molecule has 2 rings (SSSR count). The maximum atomic E-state index is 11.5. The lowest BCUT2D eigenvalue weighted by Crippen LogP contribution is -2.36. The summed E-state index contributed by atoms with van der Waals surface area (Å²) >= 11 is 0. The molecule has 0 saturated carbocycles. The molecule has 6 nitrogen and oxygen atoms in total. The molecule has 0 atom stereocenters. The number of methoxy groups -OCH3 is 1. The quantitative estimate of drug-likeness (QED) is 0.895. The summed E-state index contributed by atoms with van der Waals surface area (Å²) in [6, 6.07) is 2.03. The van der Waals surface area contributed by atoms with E-state index < -0.39 is 0 Å². The second kappa shape index (κ2) is 7.92. The molecular weight excluding hydrogens is 304 g/mol. The van der Waals surface area contributed by atoms with Crippen molar-refractivity contribution in [1.29, 1.82) is 0 Å². The Bertz CT molecular complexity index is 561. The fraction of sp³-hybridized carbons (Fsp3) is 0.722. The molecule has 0 bridgehead atoms. The van der Waals surface area contributed by atoms with Gasteiger partial charge in [-0.15, -0.1) is 0 Å². The lowest BCUT2D eigenvalue weighted by Gasteiger charge is -2.33. The SMILES string of the molecule is CNC(=O)CC1CCN(c2cc(COC)nc(C(C)(C)C)n2)CC1. The predicted octanol–water partition coefficient (Wildman–Crippen LogP) is 2.27. The van der Waals surface area contributed by atoms with Crippen LogP contribution in [0.2, 0.25) is 0 Å². The fourth-order valence-corrected chi connectivity index (χ4v) is 2.93. The van der Waals surface area contributed by atoms with Crippen molar-refractivity contribution < 1.29 is 9.53 Å². The number of nitrogens with zero attached hydrogens (tertiary/aromatic N) is 3. The molecule has 0 unspecified atom stereocenters. The average molecular weight is 334 g/mol. The van der Waals surface area contributed by atoms with Gasteiger partial charge in [-0.25, -0.2) is 9.97 Å². The first-order chi connectivity index (χ1) is 11.3. The van der Waals surface area contributed by atoms with Crippen LogP contribution in [0.1, 0.15) is 51.6 Å². The van der Waals surface area contributed by atoms with Gasteiger partial charge in [0.2, 0.25) is 5.91 Å². The Morgan fingerprint density at radius 1 is 1.33 bits per heavy atom. The topological polar surface area (TPSA) is 67.4 Å². The van der Waals surface area contributed by atoms with E-state index in [1.165, 1.54) is 0 Å². The van der Waals surface area contributed by atoms with Crippen LogP contribution < -0.4 is 10.2 Å². The van der Waals surface area contributed by atoms with Gasteiger partial charge >= 0.3 is 0 Å². The predicted molar refractivity (Wildman–Crippen MR) is 95.1 cm³/mol. The number of rotatable bonds is 5. The van der Waals surface area contributed by atoms with Gasteiger partial charge in [0.05, 0.1) is 12.3 Å². The van der Waals surface area contributed by atoms with Gasteiger partial charge in [-0.2, -0.15) is 0 Å². The first-order valence-corrected chi connectivity index (χ1v) is 8.66. The van der Waals surface area contributed by atoms with E-state index in [0.717, 1.165) is 43.3 Å². The van der Waals surface area contributed by atoms with Crippen molar-refractivity contribution in [2.24, 2.45) is 5.92 Å². The first kappa shape index (κ1) is 18.6. The minimum atomic E-state index is -0.101. The van der Waals surface area contributed by atoms with E-state index in [-0.39, 0.29) is 11.3 Å². The normalized spacial score (nSPS) is 16.3. The van der Waals surface area contributed by atoms with Crippen LogP contribution in [0.3, 0.4) is 0 Å². The van der Waals surface area contributed by atoms with Gasteiger partial charge in [0.25, 0.3) is 0 Å². The highest BCUT2D eigenvalue weighted by atomic mass is 16.5.